The molecule has 0 aliphatic heterocycles. The maximum atomic E-state index is 12.4. The van der Waals surface area contributed by atoms with Crippen LogP contribution in [0, 0.1) is 19.8 Å². The highest BCUT2D eigenvalue weighted by atomic mass is 32.1. The van der Waals surface area contributed by atoms with E-state index in [0.717, 1.165) is 10.4 Å². The number of urea groups is 1. The van der Waals surface area contributed by atoms with Crippen LogP contribution in [0.4, 0.5) is 4.79 Å². The van der Waals surface area contributed by atoms with Gasteiger partial charge in [0.25, 0.3) is 5.56 Å². The second-order valence-corrected chi connectivity index (χ2v) is 7.00. The summed E-state index contributed by atoms with van der Waals surface area (Å²) in [6, 6.07) is -0.562. The highest BCUT2D eigenvalue weighted by molar-refractivity contribution is 7.18. The average molecular weight is 336 g/mol. The molecule has 0 bridgehead atoms. The van der Waals surface area contributed by atoms with E-state index >= 15 is 0 Å². The molecule has 2 N–H and O–H groups in total. The maximum absolute atomic E-state index is 12.4. The third-order valence-electron chi connectivity index (χ3n) is 3.39. The lowest BCUT2D eigenvalue weighted by Crippen LogP contribution is -2.43. The Morgan fingerprint density at radius 1 is 1.35 bits per heavy atom. The summed E-state index contributed by atoms with van der Waals surface area (Å²) in [6.45, 7) is 7.92. The zero-order valence-corrected chi connectivity index (χ0v) is 14.4. The molecule has 0 aliphatic carbocycles. The van der Waals surface area contributed by atoms with Crippen molar-refractivity contribution in [3.63, 3.8) is 0 Å². The smallest absolute Gasteiger partial charge is 0.321 e. The summed E-state index contributed by atoms with van der Waals surface area (Å²) < 4.78 is 1.21. The van der Waals surface area contributed by atoms with Gasteiger partial charge >= 0.3 is 6.03 Å². The second kappa shape index (κ2) is 6.91. The van der Waals surface area contributed by atoms with Gasteiger partial charge in [0.2, 0.25) is 5.91 Å². The van der Waals surface area contributed by atoms with Gasteiger partial charge in [-0.25, -0.2) is 9.78 Å². The molecule has 0 spiro atoms. The predicted octanol–water partition coefficient (Wildman–Crippen LogP) is 1.56. The van der Waals surface area contributed by atoms with Crippen molar-refractivity contribution in [2.45, 2.75) is 34.2 Å². The SMILES string of the molecule is Cc1sc2ncn(CC(=O)NC(=O)NCC(C)C)c(=O)c2c1C. The van der Waals surface area contributed by atoms with Gasteiger partial charge in [-0.1, -0.05) is 13.8 Å². The number of thiophene rings is 1. The molecule has 124 valence electrons. The first kappa shape index (κ1) is 17.1. The van der Waals surface area contributed by atoms with E-state index in [2.05, 4.69) is 15.6 Å². The van der Waals surface area contributed by atoms with Gasteiger partial charge in [0, 0.05) is 11.4 Å². The normalized spacial score (nSPS) is 11.0. The number of fused-ring (bicyclic) bond motifs is 1. The van der Waals surface area contributed by atoms with Gasteiger partial charge in [-0.15, -0.1) is 11.3 Å². The first-order valence-electron chi connectivity index (χ1n) is 7.32. The van der Waals surface area contributed by atoms with Crippen LogP contribution < -0.4 is 16.2 Å². The topological polar surface area (TPSA) is 93.1 Å². The molecular formula is C15H20N4O3S. The van der Waals surface area contributed by atoms with Crippen molar-refractivity contribution in [1.29, 1.82) is 0 Å². The zero-order chi connectivity index (χ0) is 17.1. The molecular weight excluding hydrogens is 316 g/mol. The summed E-state index contributed by atoms with van der Waals surface area (Å²) in [6.07, 6.45) is 1.34. The Morgan fingerprint density at radius 2 is 2.04 bits per heavy atom. The number of nitrogens with zero attached hydrogens (tertiary/aromatic N) is 2. The number of aryl methyl sites for hydroxylation is 2. The number of nitrogens with one attached hydrogen (secondary N) is 2. The van der Waals surface area contributed by atoms with Gasteiger partial charge < -0.3 is 5.32 Å². The summed E-state index contributed by atoms with van der Waals surface area (Å²) in [4.78, 5) is 41.8. The van der Waals surface area contributed by atoms with Gasteiger partial charge in [0.1, 0.15) is 11.4 Å². The van der Waals surface area contributed by atoms with Crippen molar-refractivity contribution in [2.24, 2.45) is 5.92 Å². The Balaban J connectivity index is 2.11. The molecule has 2 rings (SSSR count). The van der Waals surface area contributed by atoms with E-state index in [1.54, 1.807) is 0 Å². The molecule has 8 heteroatoms. The number of carbonyl (C=O) groups is 2. The molecule has 0 saturated heterocycles. The van der Waals surface area contributed by atoms with Crippen LogP contribution >= 0.6 is 11.3 Å². The monoisotopic (exact) mass is 336 g/mol. The first-order valence-corrected chi connectivity index (χ1v) is 8.14. The van der Waals surface area contributed by atoms with Crippen molar-refractivity contribution in [2.75, 3.05) is 6.54 Å². The lowest BCUT2D eigenvalue weighted by atomic mass is 10.2. The van der Waals surface area contributed by atoms with Crippen molar-refractivity contribution in [3.05, 3.63) is 27.1 Å². The molecule has 0 saturated carbocycles. The molecule has 0 unspecified atom stereocenters. The fourth-order valence-corrected chi connectivity index (χ4v) is 3.03. The highest BCUT2D eigenvalue weighted by Crippen LogP contribution is 2.25. The van der Waals surface area contributed by atoms with Crippen LogP contribution in [0.5, 0.6) is 0 Å². The molecule has 7 nitrogen and oxygen atoms in total. The maximum Gasteiger partial charge on any atom is 0.321 e. The Morgan fingerprint density at radius 3 is 2.70 bits per heavy atom. The van der Waals surface area contributed by atoms with E-state index in [9.17, 15) is 14.4 Å². The van der Waals surface area contributed by atoms with Crippen LogP contribution in [-0.2, 0) is 11.3 Å². The van der Waals surface area contributed by atoms with Crippen LogP contribution in [0.3, 0.4) is 0 Å². The highest BCUT2D eigenvalue weighted by Gasteiger charge is 2.14. The number of amides is 3. The van der Waals surface area contributed by atoms with Crippen LogP contribution in [0.25, 0.3) is 10.2 Å². The first-order chi connectivity index (χ1) is 10.8. The number of hydrogen-bond acceptors (Lipinski definition) is 5. The van der Waals surface area contributed by atoms with Crippen molar-refractivity contribution in [3.8, 4) is 0 Å². The van der Waals surface area contributed by atoms with E-state index < -0.39 is 11.9 Å². The summed E-state index contributed by atoms with van der Waals surface area (Å²) in [7, 11) is 0. The number of aromatic nitrogens is 2. The minimum absolute atomic E-state index is 0.245. The Labute approximate surface area is 137 Å². The van der Waals surface area contributed by atoms with E-state index in [1.165, 1.54) is 22.2 Å². The largest absolute Gasteiger partial charge is 0.338 e. The number of rotatable bonds is 4. The zero-order valence-electron chi connectivity index (χ0n) is 13.6. The molecule has 0 aromatic carbocycles. The minimum Gasteiger partial charge on any atom is -0.338 e. The lowest BCUT2D eigenvalue weighted by Gasteiger charge is -2.09. The summed E-state index contributed by atoms with van der Waals surface area (Å²) >= 11 is 1.45. The molecule has 2 aromatic heterocycles. The van der Waals surface area contributed by atoms with Crippen molar-refractivity contribution >= 4 is 33.5 Å². The van der Waals surface area contributed by atoms with Crippen molar-refractivity contribution < 1.29 is 9.59 Å². The summed E-state index contributed by atoms with van der Waals surface area (Å²) in [5, 5.41) is 5.32. The summed E-state index contributed by atoms with van der Waals surface area (Å²) in [5.41, 5.74) is 0.613. The average Bonchev–Trinajstić information content (AvgIpc) is 2.75. The molecule has 2 aromatic rings. The predicted molar refractivity (Wildman–Crippen MR) is 89.7 cm³/mol. The van der Waals surface area contributed by atoms with Gasteiger partial charge in [0.05, 0.1) is 11.7 Å². The standard InChI is InChI=1S/C15H20N4O3S/c1-8(2)5-16-15(22)18-11(20)6-19-7-17-13-12(14(19)21)9(3)10(4)23-13/h7-8H,5-6H2,1-4H3,(H2,16,18,20,22). The Kier molecular flexibility index (Phi) is 5.15. The Hall–Kier alpha value is -2.22. The third-order valence-corrected chi connectivity index (χ3v) is 4.51. The van der Waals surface area contributed by atoms with Gasteiger partial charge in [-0.05, 0) is 25.3 Å². The Bertz CT molecular complexity index is 807. The second-order valence-electron chi connectivity index (χ2n) is 5.79. The van der Waals surface area contributed by atoms with Gasteiger partial charge in [-0.3, -0.25) is 19.5 Å². The fourth-order valence-electron chi connectivity index (χ4n) is 2.04. The molecule has 0 atom stereocenters. The van der Waals surface area contributed by atoms with E-state index in [-0.39, 0.29) is 18.0 Å². The summed E-state index contributed by atoms with van der Waals surface area (Å²) in [5.74, 6) is -0.269. The van der Waals surface area contributed by atoms with E-state index in [1.807, 2.05) is 27.7 Å². The minimum atomic E-state index is -0.562. The molecule has 0 fully saturated rings. The van der Waals surface area contributed by atoms with Crippen molar-refractivity contribution in [1.82, 2.24) is 20.2 Å². The van der Waals surface area contributed by atoms with Gasteiger partial charge in [-0.2, -0.15) is 0 Å². The third kappa shape index (κ3) is 3.95. The molecule has 0 radical (unpaired) electrons. The van der Waals surface area contributed by atoms with E-state index in [4.69, 9.17) is 0 Å². The number of carbonyl (C=O) groups excluding carboxylic acids is 2. The molecule has 2 heterocycles. The fraction of sp³-hybridized carbons (Fsp3) is 0.467. The van der Waals surface area contributed by atoms with E-state index in [0.29, 0.717) is 16.8 Å². The number of hydrogen-bond donors (Lipinski definition) is 2. The van der Waals surface area contributed by atoms with Gasteiger partial charge in [0.15, 0.2) is 0 Å². The number of imide groups is 1. The van der Waals surface area contributed by atoms with Crippen LogP contribution in [-0.4, -0.2) is 28.0 Å². The molecule has 0 aliphatic rings. The van der Waals surface area contributed by atoms with Crippen LogP contribution in [0.15, 0.2) is 11.1 Å². The van der Waals surface area contributed by atoms with Crippen LogP contribution in [0.2, 0.25) is 0 Å². The lowest BCUT2D eigenvalue weighted by molar-refractivity contribution is -0.120. The quantitative estimate of drug-likeness (QED) is 0.886. The molecule has 23 heavy (non-hydrogen) atoms. The molecule has 3 amide bonds. The van der Waals surface area contributed by atoms with Crippen LogP contribution in [0.1, 0.15) is 24.3 Å².